The lowest BCUT2D eigenvalue weighted by atomic mass is 10.0. The van der Waals surface area contributed by atoms with Gasteiger partial charge in [0.2, 0.25) is 5.91 Å². The normalized spacial score (nSPS) is 13.3. The van der Waals surface area contributed by atoms with Crippen LogP contribution < -0.4 is 5.32 Å². The monoisotopic (exact) mass is 820 g/mol. The van der Waals surface area contributed by atoms with E-state index in [1.807, 2.05) is 0 Å². The first kappa shape index (κ1) is 56.6. The maximum Gasteiger partial charge on any atom is 0.306 e. The second-order valence-electron chi connectivity index (χ2n) is 17.9. The summed E-state index contributed by atoms with van der Waals surface area (Å²) in [5, 5.41) is 23.8. The fourth-order valence-corrected chi connectivity index (χ4v) is 8.13. The summed E-state index contributed by atoms with van der Waals surface area (Å²) in [7, 11) is 0. The number of amides is 1. The number of aliphatic hydroxyl groups excluding tert-OH is 2. The molecule has 0 heterocycles. The molecule has 0 radical (unpaired) electrons. The Hall–Kier alpha value is -1.40. The smallest absolute Gasteiger partial charge is 0.306 e. The summed E-state index contributed by atoms with van der Waals surface area (Å²) in [6.07, 6.45) is 51.3. The van der Waals surface area contributed by atoms with Crippen molar-refractivity contribution in [3.8, 4) is 0 Å². The summed E-state index contributed by atoms with van der Waals surface area (Å²) in [6.45, 7) is 6.49. The third-order valence-electron chi connectivity index (χ3n) is 12.1. The number of esters is 1. The molecule has 0 aromatic carbocycles. The first-order chi connectivity index (χ1) is 28.5. The van der Waals surface area contributed by atoms with Crippen LogP contribution in [0.15, 0.2) is 12.2 Å². The third-order valence-corrected chi connectivity index (χ3v) is 12.1. The fraction of sp³-hybridized carbons (Fsp3) is 0.923. The van der Waals surface area contributed by atoms with Crippen LogP contribution in [0.25, 0.3) is 0 Å². The molecule has 0 aromatic heterocycles. The number of allylic oxidation sites excluding steroid dienone is 2. The number of carbonyl (C=O) groups excluding carboxylic acids is 2. The van der Waals surface area contributed by atoms with Gasteiger partial charge in [0.15, 0.2) is 0 Å². The van der Waals surface area contributed by atoms with E-state index in [0.717, 1.165) is 51.4 Å². The second-order valence-corrected chi connectivity index (χ2v) is 17.9. The van der Waals surface area contributed by atoms with Crippen molar-refractivity contribution in [1.29, 1.82) is 0 Å². The minimum absolute atomic E-state index is 0.0784. The number of nitrogens with one attached hydrogen (secondary N) is 1. The molecule has 344 valence electrons. The molecule has 6 nitrogen and oxygen atoms in total. The number of hydrogen-bond acceptors (Lipinski definition) is 5. The number of carbonyl (C=O) groups is 2. The van der Waals surface area contributed by atoms with Crippen molar-refractivity contribution < 1.29 is 24.5 Å². The van der Waals surface area contributed by atoms with Crippen LogP contribution in [-0.4, -0.2) is 46.9 Å². The molecule has 0 saturated heterocycles. The summed E-state index contributed by atoms with van der Waals surface area (Å²) in [5.41, 5.74) is 0. The summed E-state index contributed by atoms with van der Waals surface area (Å²) in [6, 6.07) is -0.697. The van der Waals surface area contributed by atoms with Gasteiger partial charge in [0.1, 0.15) is 6.10 Å². The van der Waals surface area contributed by atoms with Crippen molar-refractivity contribution in [2.75, 3.05) is 6.61 Å². The second kappa shape index (κ2) is 46.7. The minimum Gasteiger partial charge on any atom is -0.462 e. The summed E-state index contributed by atoms with van der Waals surface area (Å²) < 4.78 is 5.92. The van der Waals surface area contributed by atoms with Crippen molar-refractivity contribution in [3.05, 3.63) is 12.2 Å². The molecule has 0 saturated carbocycles. The summed E-state index contributed by atoms with van der Waals surface area (Å²) >= 11 is 0. The molecule has 3 unspecified atom stereocenters. The molecule has 3 atom stereocenters. The van der Waals surface area contributed by atoms with Gasteiger partial charge in [-0.25, -0.2) is 0 Å². The van der Waals surface area contributed by atoms with Crippen LogP contribution in [0, 0.1) is 0 Å². The van der Waals surface area contributed by atoms with Crippen molar-refractivity contribution in [3.63, 3.8) is 0 Å². The highest BCUT2D eigenvalue weighted by Crippen LogP contribution is 2.18. The fourth-order valence-electron chi connectivity index (χ4n) is 8.13. The van der Waals surface area contributed by atoms with Crippen LogP contribution in [0.5, 0.6) is 0 Å². The molecule has 0 aromatic rings. The van der Waals surface area contributed by atoms with E-state index in [0.29, 0.717) is 19.3 Å². The standard InChI is InChI=1S/C52H101NO5/c1-4-7-10-13-16-19-22-24-25-27-29-32-35-38-41-44-50(55)49(47-54)53-51(56)46-48(43-40-37-34-31-28-21-18-15-12-9-6-3)58-52(57)45-42-39-36-33-30-26-23-20-17-14-11-8-5-2/h26,30,48-50,54-55H,4-25,27-29,31-47H2,1-3H3,(H,53,56)/b30-26-. The zero-order chi connectivity index (χ0) is 42.4. The first-order valence-electron chi connectivity index (χ1n) is 25.9. The van der Waals surface area contributed by atoms with E-state index in [1.54, 1.807) is 0 Å². The number of unbranched alkanes of at least 4 members (excludes halogenated alkanes) is 33. The van der Waals surface area contributed by atoms with E-state index >= 15 is 0 Å². The van der Waals surface area contributed by atoms with Gasteiger partial charge < -0.3 is 20.3 Å². The minimum atomic E-state index is -0.783. The molecule has 0 fully saturated rings. The van der Waals surface area contributed by atoms with Crippen LogP contribution >= 0.6 is 0 Å². The lowest BCUT2D eigenvalue weighted by molar-refractivity contribution is -0.151. The first-order valence-corrected chi connectivity index (χ1v) is 25.9. The molecule has 0 bridgehead atoms. The van der Waals surface area contributed by atoms with Gasteiger partial charge in [-0.1, -0.05) is 232 Å². The predicted molar refractivity (Wildman–Crippen MR) is 250 cm³/mol. The average molecular weight is 820 g/mol. The average Bonchev–Trinajstić information content (AvgIpc) is 3.22. The van der Waals surface area contributed by atoms with Crippen molar-refractivity contribution in [2.24, 2.45) is 0 Å². The Morgan fingerprint density at radius 3 is 1.22 bits per heavy atom. The Morgan fingerprint density at radius 1 is 0.483 bits per heavy atom. The van der Waals surface area contributed by atoms with E-state index < -0.39 is 18.2 Å². The zero-order valence-corrected chi connectivity index (χ0v) is 39.2. The van der Waals surface area contributed by atoms with Gasteiger partial charge in [-0.05, 0) is 51.4 Å². The highest BCUT2D eigenvalue weighted by atomic mass is 16.5. The Labute approximate surface area is 361 Å². The van der Waals surface area contributed by atoms with Crippen molar-refractivity contribution in [2.45, 2.75) is 302 Å². The van der Waals surface area contributed by atoms with Gasteiger partial charge in [0, 0.05) is 6.42 Å². The van der Waals surface area contributed by atoms with Crippen LogP contribution in [0.4, 0.5) is 0 Å². The molecule has 0 aliphatic carbocycles. The molecule has 1 amide bonds. The third kappa shape index (κ3) is 41.3. The molecule has 3 N–H and O–H groups in total. The van der Waals surface area contributed by atoms with Crippen molar-refractivity contribution in [1.82, 2.24) is 5.32 Å². The van der Waals surface area contributed by atoms with Crippen LogP contribution in [0.1, 0.15) is 284 Å². The van der Waals surface area contributed by atoms with E-state index in [9.17, 15) is 19.8 Å². The molecular formula is C52H101NO5. The maximum absolute atomic E-state index is 13.2. The van der Waals surface area contributed by atoms with Gasteiger partial charge in [-0.2, -0.15) is 0 Å². The van der Waals surface area contributed by atoms with Gasteiger partial charge >= 0.3 is 5.97 Å². The Kier molecular flexibility index (Phi) is 45.5. The summed E-state index contributed by atoms with van der Waals surface area (Å²) in [5.74, 6) is -0.477. The zero-order valence-electron chi connectivity index (χ0n) is 39.2. The van der Waals surface area contributed by atoms with Crippen LogP contribution in [0.3, 0.4) is 0 Å². The van der Waals surface area contributed by atoms with Gasteiger partial charge in [-0.3, -0.25) is 9.59 Å². The van der Waals surface area contributed by atoms with Crippen LogP contribution in [0.2, 0.25) is 0 Å². The van der Waals surface area contributed by atoms with E-state index in [4.69, 9.17) is 4.74 Å². The SMILES string of the molecule is CCCCCCCC/C=C\CCCCCC(=O)OC(CCCCCCCCCCCCC)CC(=O)NC(CO)C(O)CCCCCCCCCCCCCCCCC. The largest absolute Gasteiger partial charge is 0.462 e. The number of hydrogen-bond donors (Lipinski definition) is 3. The quantitative estimate of drug-likeness (QED) is 0.0323. The maximum atomic E-state index is 13.2. The Morgan fingerprint density at radius 2 is 0.828 bits per heavy atom. The molecule has 0 spiro atoms. The van der Waals surface area contributed by atoms with Crippen LogP contribution in [-0.2, 0) is 14.3 Å². The molecule has 0 rings (SSSR count). The topological polar surface area (TPSA) is 95.9 Å². The highest BCUT2D eigenvalue weighted by molar-refractivity contribution is 5.77. The Bertz CT molecular complexity index is 878. The summed E-state index contributed by atoms with van der Waals surface area (Å²) in [4.78, 5) is 26.1. The molecule has 0 aliphatic heterocycles. The highest BCUT2D eigenvalue weighted by Gasteiger charge is 2.24. The number of rotatable bonds is 47. The molecule has 6 heteroatoms. The van der Waals surface area contributed by atoms with Gasteiger partial charge in [0.05, 0.1) is 25.2 Å². The van der Waals surface area contributed by atoms with E-state index in [2.05, 4.69) is 38.2 Å². The predicted octanol–water partition coefficient (Wildman–Crippen LogP) is 15.3. The number of aliphatic hydroxyl groups is 2. The lowest BCUT2D eigenvalue weighted by Gasteiger charge is -2.24. The van der Waals surface area contributed by atoms with Gasteiger partial charge in [0.25, 0.3) is 0 Å². The lowest BCUT2D eigenvalue weighted by Crippen LogP contribution is -2.46. The molecule has 58 heavy (non-hydrogen) atoms. The van der Waals surface area contributed by atoms with E-state index in [-0.39, 0.29) is 24.9 Å². The molecule has 0 aliphatic rings. The van der Waals surface area contributed by atoms with E-state index in [1.165, 1.54) is 186 Å². The molecular weight excluding hydrogens is 719 g/mol. The Balaban J connectivity index is 4.49. The van der Waals surface area contributed by atoms with Crippen molar-refractivity contribution >= 4 is 11.9 Å². The number of ether oxygens (including phenoxy) is 1. The van der Waals surface area contributed by atoms with Gasteiger partial charge in [-0.15, -0.1) is 0 Å².